The molecule has 0 atom stereocenters. The lowest BCUT2D eigenvalue weighted by Crippen LogP contribution is -1.99. The molecule has 0 amide bonds. The zero-order valence-electron chi connectivity index (χ0n) is 12.5. The van der Waals surface area contributed by atoms with Crippen molar-refractivity contribution in [3.05, 3.63) is 59.1 Å². The zero-order chi connectivity index (χ0) is 16.1. The third-order valence-electron chi connectivity index (χ3n) is 3.16. The molecule has 0 aliphatic rings. The molecule has 0 spiro atoms. The minimum absolute atomic E-state index is 0.535. The highest BCUT2D eigenvalue weighted by Crippen LogP contribution is 2.25. The van der Waals surface area contributed by atoms with Gasteiger partial charge in [0, 0.05) is 16.3 Å². The van der Waals surface area contributed by atoms with Gasteiger partial charge in [-0.25, -0.2) is 0 Å². The second-order valence-electron chi connectivity index (χ2n) is 4.84. The number of thioether (sulfide) groups is 1. The van der Waals surface area contributed by atoms with Crippen molar-refractivity contribution < 1.29 is 9.15 Å². The Morgan fingerprint density at radius 2 is 2.00 bits per heavy atom. The van der Waals surface area contributed by atoms with Crippen LogP contribution in [-0.2, 0) is 0 Å². The smallest absolute Gasteiger partial charge is 0.276 e. The highest BCUT2D eigenvalue weighted by atomic mass is 35.5. The molecule has 0 N–H and O–H groups in total. The fourth-order valence-electron chi connectivity index (χ4n) is 2.04. The number of aryl methyl sites for hydroxylation is 1. The van der Waals surface area contributed by atoms with Crippen LogP contribution in [0.15, 0.2) is 58.2 Å². The first-order chi connectivity index (χ1) is 11.2. The maximum absolute atomic E-state index is 5.91. The maximum Gasteiger partial charge on any atom is 0.276 e. The normalized spacial score (nSPS) is 10.7. The van der Waals surface area contributed by atoms with Crippen LogP contribution in [-0.4, -0.2) is 22.6 Å². The van der Waals surface area contributed by atoms with Crippen LogP contribution >= 0.6 is 23.4 Å². The second-order valence-corrected chi connectivity index (χ2v) is 6.32. The van der Waals surface area contributed by atoms with E-state index in [-0.39, 0.29) is 0 Å². The first-order valence-corrected chi connectivity index (χ1v) is 8.49. The molecule has 4 nitrogen and oxygen atoms in total. The SMILES string of the molecule is Cc1ccccc1-c1nnc(SCCOc2cccc(Cl)c2)o1. The van der Waals surface area contributed by atoms with Crippen molar-refractivity contribution in [3.8, 4) is 17.2 Å². The summed E-state index contributed by atoms with van der Waals surface area (Å²) in [6.07, 6.45) is 0. The lowest BCUT2D eigenvalue weighted by molar-refractivity contribution is 0.343. The van der Waals surface area contributed by atoms with E-state index in [9.17, 15) is 0 Å². The number of ether oxygens (including phenoxy) is 1. The van der Waals surface area contributed by atoms with Crippen LogP contribution in [0.3, 0.4) is 0 Å². The molecular formula is C17H15ClN2O2S. The van der Waals surface area contributed by atoms with Gasteiger partial charge in [0.2, 0.25) is 5.89 Å². The Bertz CT molecular complexity index is 792. The summed E-state index contributed by atoms with van der Waals surface area (Å²) >= 11 is 7.38. The Hall–Kier alpha value is -1.98. The van der Waals surface area contributed by atoms with E-state index in [0.29, 0.717) is 28.5 Å². The molecular weight excluding hydrogens is 332 g/mol. The number of aromatic nitrogens is 2. The van der Waals surface area contributed by atoms with Crippen LogP contribution in [0.25, 0.3) is 11.5 Å². The molecule has 2 aromatic carbocycles. The van der Waals surface area contributed by atoms with Gasteiger partial charge in [-0.15, -0.1) is 10.2 Å². The molecule has 1 heterocycles. The van der Waals surface area contributed by atoms with E-state index in [0.717, 1.165) is 16.9 Å². The predicted molar refractivity (Wildman–Crippen MR) is 92.1 cm³/mol. The largest absolute Gasteiger partial charge is 0.493 e. The van der Waals surface area contributed by atoms with Gasteiger partial charge < -0.3 is 9.15 Å². The van der Waals surface area contributed by atoms with E-state index in [2.05, 4.69) is 10.2 Å². The molecule has 1 aromatic heterocycles. The number of hydrogen-bond acceptors (Lipinski definition) is 5. The summed E-state index contributed by atoms with van der Waals surface area (Å²) in [5.74, 6) is 2.01. The lowest BCUT2D eigenvalue weighted by atomic mass is 10.1. The highest BCUT2D eigenvalue weighted by molar-refractivity contribution is 7.99. The van der Waals surface area contributed by atoms with Crippen molar-refractivity contribution in [3.63, 3.8) is 0 Å². The fraction of sp³-hybridized carbons (Fsp3) is 0.176. The molecule has 0 unspecified atom stereocenters. The molecule has 0 aliphatic carbocycles. The Labute approximate surface area is 143 Å². The number of hydrogen-bond donors (Lipinski definition) is 0. The van der Waals surface area contributed by atoms with Gasteiger partial charge in [-0.05, 0) is 36.8 Å². The Morgan fingerprint density at radius 1 is 1.13 bits per heavy atom. The quantitative estimate of drug-likeness (QED) is 0.470. The summed E-state index contributed by atoms with van der Waals surface area (Å²) in [7, 11) is 0. The highest BCUT2D eigenvalue weighted by Gasteiger charge is 2.10. The summed E-state index contributed by atoms with van der Waals surface area (Å²) in [5, 5.41) is 9.36. The second kappa shape index (κ2) is 7.53. The van der Waals surface area contributed by atoms with Gasteiger partial charge in [-0.3, -0.25) is 0 Å². The van der Waals surface area contributed by atoms with Crippen molar-refractivity contribution in [2.75, 3.05) is 12.4 Å². The van der Waals surface area contributed by atoms with Gasteiger partial charge in [-0.2, -0.15) is 0 Å². The predicted octanol–water partition coefficient (Wildman–Crippen LogP) is 4.87. The van der Waals surface area contributed by atoms with E-state index in [1.54, 1.807) is 6.07 Å². The summed E-state index contributed by atoms with van der Waals surface area (Å²) in [5.41, 5.74) is 2.07. The lowest BCUT2D eigenvalue weighted by Gasteiger charge is -2.04. The summed E-state index contributed by atoms with van der Waals surface area (Å²) in [6.45, 7) is 2.55. The van der Waals surface area contributed by atoms with Gasteiger partial charge in [0.05, 0.1) is 6.61 Å². The molecule has 6 heteroatoms. The summed E-state index contributed by atoms with van der Waals surface area (Å²) < 4.78 is 11.3. The number of nitrogens with zero attached hydrogens (tertiary/aromatic N) is 2. The monoisotopic (exact) mass is 346 g/mol. The molecule has 0 bridgehead atoms. The van der Waals surface area contributed by atoms with E-state index in [1.807, 2.05) is 49.4 Å². The third-order valence-corrected chi connectivity index (χ3v) is 4.17. The van der Waals surface area contributed by atoms with E-state index in [1.165, 1.54) is 11.8 Å². The first kappa shape index (κ1) is 15.9. The molecule has 3 aromatic rings. The van der Waals surface area contributed by atoms with Gasteiger partial charge >= 0.3 is 0 Å². The Kier molecular flexibility index (Phi) is 5.20. The minimum atomic E-state index is 0.535. The number of halogens is 1. The van der Waals surface area contributed by atoms with Crippen molar-refractivity contribution in [2.24, 2.45) is 0 Å². The van der Waals surface area contributed by atoms with Gasteiger partial charge in [0.25, 0.3) is 5.22 Å². The minimum Gasteiger partial charge on any atom is -0.493 e. The van der Waals surface area contributed by atoms with Gasteiger partial charge in [-0.1, -0.05) is 47.6 Å². The average Bonchev–Trinajstić information content (AvgIpc) is 3.01. The molecule has 0 aliphatic heterocycles. The maximum atomic E-state index is 5.91. The average molecular weight is 347 g/mol. The molecule has 3 rings (SSSR count). The van der Waals surface area contributed by atoms with Crippen molar-refractivity contribution in [2.45, 2.75) is 12.1 Å². The van der Waals surface area contributed by atoms with E-state index >= 15 is 0 Å². The van der Waals surface area contributed by atoms with Gasteiger partial charge in [0.15, 0.2) is 0 Å². The van der Waals surface area contributed by atoms with Crippen molar-refractivity contribution in [1.29, 1.82) is 0 Å². The van der Waals surface area contributed by atoms with Gasteiger partial charge in [0.1, 0.15) is 5.75 Å². The Morgan fingerprint density at radius 3 is 2.83 bits per heavy atom. The topological polar surface area (TPSA) is 48.2 Å². The number of benzene rings is 2. The van der Waals surface area contributed by atoms with Crippen molar-refractivity contribution in [1.82, 2.24) is 10.2 Å². The summed E-state index contributed by atoms with van der Waals surface area (Å²) in [6, 6.07) is 15.3. The molecule has 23 heavy (non-hydrogen) atoms. The van der Waals surface area contributed by atoms with Crippen LogP contribution in [0.1, 0.15) is 5.56 Å². The van der Waals surface area contributed by atoms with E-state index in [4.69, 9.17) is 20.8 Å². The molecule has 0 saturated heterocycles. The van der Waals surface area contributed by atoms with Crippen LogP contribution in [0, 0.1) is 6.92 Å². The molecule has 0 saturated carbocycles. The molecule has 0 fully saturated rings. The zero-order valence-corrected chi connectivity index (χ0v) is 14.1. The van der Waals surface area contributed by atoms with E-state index < -0.39 is 0 Å². The standard InChI is InChI=1S/C17H15ClN2O2S/c1-12-5-2-3-8-15(12)16-19-20-17(22-16)23-10-9-21-14-7-4-6-13(18)11-14/h2-8,11H,9-10H2,1H3. The third kappa shape index (κ3) is 4.27. The van der Waals surface area contributed by atoms with Crippen LogP contribution < -0.4 is 4.74 Å². The Balaban J connectivity index is 1.53. The van der Waals surface area contributed by atoms with Crippen LogP contribution in [0.5, 0.6) is 5.75 Å². The van der Waals surface area contributed by atoms with Crippen molar-refractivity contribution >= 4 is 23.4 Å². The molecule has 118 valence electrons. The number of rotatable bonds is 6. The van der Waals surface area contributed by atoms with Crippen LogP contribution in [0.4, 0.5) is 0 Å². The van der Waals surface area contributed by atoms with Crippen LogP contribution in [0.2, 0.25) is 5.02 Å². The fourth-order valence-corrected chi connectivity index (χ4v) is 2.79. The first-order valence-electron chi connectivity index (χ1n) is 7.13. The summed E-state index contributed by atoms with van der Waals surface area (Å²) in [4.78, 5) is 0. The molecule has 0 radical (unpaired) electrons.